The van der Waals surface area contributed by atoms with E-state index in [0.717, 1.165) is 0 Å². The molecule has 0 aliphatic heterocycles. The Hall–Kier alpha value is -1.50. The van der Waals surface area contributed by atoms with E-state index in [0.29, 0.717) is 6.61 Å². The molecule has 0 spiro atoms. The second-order valence-electron chi connectivity index (χ2n) is 6.30. The Morgan fingerprint density at radius 1 is 1.26 bits per heavy atom. The molecule has 0 saturated heterocycles. The lowest BCUT2D eigenvalue weighted by molar-refractivity contribution is -0.157. The summed E-state index contributed by atoms with van der Waals surface area (Å²) in [5.41, 5.74) is -0.753. The maximum absolute atomic E-state index is 12.0. The molecule has 0 amide bonds. The van der Waals surface area contributed by atoms with Crippen molar-refractivity contribution in [3.63, 3.8) is 0 Å². The number of carbonyl (C=O) groups is 2. The average Bonchev–Trinajstić information content (AvgIpc) is 2.75. The van der Waals surface area contributed by atoms with Crippen LogP contribution in [-0.4, -0.2) is 24.1 Å². The number of ether oxygens (including phenoxy) is 2. The second-order valence-corrected chi connectivity index (χ2v) is 6.30. The highest BCUT2D eigenvalue weighted by atomic mass is 16.6. The van der Waals surface area contributed by atoms with Crippen molar-refractivity contribution in [2.24, 2.45) is 17.3 Å². The Morgan fingerprint density at radius 3 is 2.32 bits per heavy atom. The van der Waals surface area contributed by atoms with Crippen molar-refractivity contribution in [1.82, 2.24) is 0 Å². The summed E-state index contributed by atoms with van der Waals surface area (Å²) in [4.78, 5) is 23.2. The molecule has 0 N–H and O–H groups in total. The summed E-state index contributed by atoms with van der Waals surface area (Å²) in [6, 6.07) is 0. The number of carbonyl (C=O) groups excluding carboxylic acids is 2. The van der Waals surface area contributed by atoms with Crippen LogP contribution >= 0.6 is 0 Å². The maximum Gasteiger partial charge on any atom is 0.384 e. The third-order valence-corrected chi connectivity index (χ3v) is 3.09. The van der Waals surface area contributed by atoms with E-state index >= 15 is 0 Å². The van der Waals surface area contributed by atoms with Crippen molar-refractivity contribution in [3.05, 3.63) is 0 Å². The van der Waals surface area contributed by atoms with Crippen LogP contribution in [0.4, 0.5) is 0 Å². The van der Waals surface area contributed by atoms with Gasteiger partial charge >= 0.3 is 11.9 Å². The summed E-state index contributed by atoms with van der Waals surface area (Å²) in [5, 5.41) is 0. The first-order chi connectivity index (χ1) is 8.59. The van der Waals surface area contributed by atoms with Crippen LogP contribution in [0.3, 0.4) is 0 Å². The fraction of sp³-hybridized carbons (Fsp3) is 0.733. The predicted octanol–water partition coefficient (Wildman–Crippen LogP) is 2.17. The van der Waals surface area contributed by atoms with Gasteiger partial charge in [0, 0.05) is 11.8 Å². The van der Waals surface area contributed by atoms with E-state index in [-0.39, 0.29) is 23.2 Å². The standard InChI is InChI=1S/C15H22O4/c1-7-18-11(16)9-8-10-12(15(10,5)6)13(17)19-14(2,3)4/h10,12H,7H2,1-6H3/t10-,12-/m0/s1. The van der Waals surface area contributed by atoms with E-state index < -0.39 is 11.6 Å². The number of hydrogen-bond acceptors (Lipinski definition) is 4. The minimum atomic E-state index is -0.548. The van der Waals surface area contributed by atoms with Gasteiger partial charge in [-0.1, -0.05) is 19.8 Å². The summed E-state index contributed by atoms with van der Waals surface area (Å²) in [7, 11) is 0. The highest BCUT2D eigenvalue weighted by Crippen LogP contribution is 2.58. The van der Waals surface area contributed by atoms with Gasteiger partial charge in [-0.2, -0.15) is 0 Å². The van der Waals surface area contributed by atoms with Gasteiger partial charge in [0.15, 0.2) is 0 Å². The highest BCUT2D eigenvalue weighted by Gasteiger charge is 2.62. The quantitative estimate of drug-likeness (QED) is 0.436. The molecule has 106 valence electrons. The van der Waals surface area contributed by atoms with E-state index in [1.54, 1.807) is 6.92 Å². The third kappa shape index (κ3) is 3.99. The van der Waals surface area contributed by atoms with Gasteiger partial charge in [-0.05, 0) is 33.1 Å². The molecule has 0 radical (unpaired) electrons. The summed E-state index contributed by atoms with van der Waals surface area (Å²) in [6.07, 6.45) is 0. The van der Waals surface area contributed by atoms with Crippen LogP contribution in [0.5, 0.6) is 0 Å². The molecule has 0 unspecified atom stereocenters. The van der Waals surface area contributed by atoms with E-state index in [1.165, 1.54) is 0 Å². The van der Waals surface area contributed by atoms with E-state index in [2.05, 4.69) is 11.8 Å². The molecule has 4 heteroatoms. The SMILES string of the molecule is CCOC(=O)C#C[C@H]1[C@@H](C(=O)OC(C)(C)C)C1(C)C. The molecule has 0 aromatic heterocycles. The monoisotopic (exact) mass is 266 g/mol. The molecular formula is C15H22O4. The molecule has 1 saturated carbocycles. The Morgan fingerprint density at radius 2 is 1.84 bits per heavy atom. The summed E-state index contributed by atoms with van der Waals surface area (Å²) >= 11 is 0. The predicted molar refractivity (Wildman–Crippen MR) is 71.0 cm³/mol. The first-order valence-corrected chi connectivity index (χ1v) is 6.50. The molecule has 0 aromatic rings. The summed E-state index contributed by atoms with van der Waals surface area (Å²) in [5.74, 6) is 4.04. The van der Waals surface area contributed by atoms with Crippen molar-refractivity contribution in [2.75, 3.05) is 6.61 Å². The fourth-order valence-corrected chi connectivity index (χ4v) is 2.02. The lowest BCUT2D eigenvalue weighted by Crippen LogP contribution is -2.26. The van der Waals surface area contributed by atoms with Crippen molar-refractivity contribution in [1.29, 1.82) is 0 Å². The molecule has 0 heterocycles. The molecule has 1 rings (SSSR count). The zero-order chi connectivity index (χ0) is 14.8. The Kier molecular flexibility index (Phi) is 4.29. The van der Waals surface area contributed by atoms with Crippen LogP contribution in [0.15, 0.2) is 0 Å². The molecule has 0 bridgehead atoms. The van der Waals surface area contributed by atoms with Crippen molar-refractivity contribution < 1.29 is 19.1 Å². The molecule has 19 heavy (non-hydrogen) atoms. The zero-order valence-electron chi connectivity index (χ0n) is 12.5. The first kappa shape index (κ1) is 15.6. The normalized spacial score (nSPS) is 23.9. The van der Waals surface area contributed by atoms with E-state index in [1.807, 2.05) is 34.6 Å². The fourth-order valence-electron chi connectivity index (χ4n) is 2.02. The molecule has 1 aliphatic carbocycles. The maximum atomic E-state index is 12.0. The molecule has 4 nitrogen and oxygen atoms in total. The molecule has 1 aliphatic rings. The lowest BCUT2D eigenvalue weighted by Gasteiger charge is -2.19. The van der Waals surface area contributed by atoms with Crippen LogP contribution in [0.2, 0.25) is 0 Å². The van der Waals surface area contributed by atoms with Crippen LogP contribution in [0.1, 0.15) is 41.5 Å². The highest BCUT2D eigenvalue weighted by molar-refractivity contribution is 5.89. The van der Waals surface area contributed by atoms with E-state index in [4.69, 9.17) is 9.47 Å². The molecule has 1 fully saturated rings. The molecular weight excluding hydrogens is 244 g/mol. The molecule has 2 atom stereocenters. The van der Waals surface area contributed by atoms with Gasteiger partial charge in [-0.25, -0.2) is 4.79 Å². The van der Waals surface area contributed by atoms with E-state index in [9.17, 15) is 9.59 Å². The minimum Gasteiger partial charge on any atom is -0.460 e. The van der Waals surface area contributed by atoms with Gasteiger partial charge in [0.25, 0.3) is 0 Å². The number of hydrogen-bond donors (Lipinski definition) is 0. The van der Waals surface area contributed by atoms with Gasteiger partial charge < -0.3 is 9.47 Å². The van der Waals surface area contributed by atoms with Gasteiger partial charge in [0.2, 0.25) is 0 Å². The summed E-state index contributed by atoms with van der Waals surface area (Å²) < 4.78 is 10.1. The van der Waals surface area contributed by atoms with Crippen LogP contribution in [0.25, 0.3) is 0 Å². The van der Waals surface area contributed by atoms with Crippen LogP contribution in [0, 0.1) is 29.1 Å². The summed E-state index contributed by atoms with van der Waals surface area (Å²) in [6.45, 7) is 11.4. The van der Waals surface area contributed by atoms with Crippen molar-refractivity contribution in [2.45, 2.75) is 47.1 Å². The van der Waals surface area contributed by atoms with Crippen molar-refractivity contribution in [3.8, 4) is 11.8 Å². The minimum absolute atomic E-state index is 0.147. The average molecular weight is 266 g/mol. The Balaban J connectivity index is 2.68. The van der Waals surface area contributed by atoms with Gasteiger partial charge in [-0.15, -0.1) is 0 Å². The van der Waals surface area contributed by atoms with Crippen LogP contribution < -0.4 is 0 Å². The third-order valence-electron chi connectivity index (χ3n) is 3.09. The zero-order valence-corrected chi connectivity index (χ0v) is 12.5. The largest absolute Gasteiger partial charge is 0.460 e. The van der Waals surface area contributed by atoms with Crippen molar-refractivity contribution >= 4 is 11.9 Å². The van der Waals surface area contributed by atoms with Gasteiger partial charge in [0.05, 0.1) is 12.5 Å². The first-order valence-electron chi connectivity index (χ1n) is 6.50. The van der Waals surface area contributed by atoms with Gasteiger partial charge in [0.1, 0.15) is 5.60 Å². The van der Waals surface area contributed by atoms with Gasteiger partial charge in [-0.3, -0.25) is 4.79 Å². The Bertz CT molecular complexity index is 431. The lowest BCUT2D eigenvalue weighted by atomic mass is 10.1. The number of esters is 2. The second kappa shape index (κ2) is 5.24. The smallest absolute Gasteiger partial charge is 0.384 e. The topological polar surface area (TPSA) is 52.6 Å². The molecule has 0 aromatic carbocycles. The Labute approximate surface area is 114 Å². The van der Waals surface area contributed by atoms with Crippen LogP contribution in [-0.2, 0) is 19.1 Å². The number of rotatable bonds is 2.